The molecular weight excluding hydrogens is 258 g/mol. The van der Waals surface area contributed by atoms with Crippen LogP contribution in [0, 0.1) is 0 Å². The van der Waals surface area contributed by atoms with Gasteiger partial charge in [0.25, 0.3) is 0 Å². The van der Waals surface area contributed by atoms with Crippen LogP contribution in [0.15, 0.2) is 48.5 Å². The third-order valence-electron chi connectivity index (χ3n) is 3.14. The van der Waals surface area contributed by atoms with Crippen LogP contribution in [-0.4, -0.2) is 16.3 Å². The molecule has 2 aromatic carbocycles. The van der Waals surface area contributed by atoms with Crippen LogP contribution in [0.4, 0.5) is 4.79 Å². The summed E-state index contributed by atoms with van der Waals surface area (Å²) in [6.45, 7) is 1.62. The van der Waals surface area contributed by atoms with Gasteiger partial charge in [0.1, 0.15) is 11.5 Å². The molecule has 0 bridgehead atoms. The number of hydrogen-bond acceptors (Lipinski definition) is 4. The van der Waals surface area contributed by atoms with E-state index in [1.165, 1.54) is 18.2 Å². The van der Waals surface area contributed by atoms with Crippen molar-refractivity contribution in [1.82, 2.24) is 0 Å². The summed E-state index contributed by atoms with van der Waals surface area (Å²) in [7, 11) is 0. The summed E-state index contributed by atoms with van der Waals surface area (Å²) in [6.07, 6.45) is -0.955. The molecule has 1 amide bonds. The number of hydrogen-bond donors (Lipinski definition) is 3. The van der Waals surface area contributed by atoms with E-state index in [1.54, 1.807) is 37.3 Å². The van der Waals surface area contributed by atoms with E-state index in [0.29, 0.717) is 11.1 Å². The normalized spacial score (nSPS) is 13.4. The van der Waals surface area contributed by atoms with E-state index < -0.39 is 11.7 Å². The number of nitrogens with two attached hydrogens (primary N) is 1. The number of rotatable bonds is 3. The molecule has 2 rings (SSSR count). The van der Waals surface area contributed by atoms with Crippen molar-refractivity contribution in [3.05, 3.63) is 59.7 Å². The van der Waals surface area contributed by atoms with Gasteiger partial charge in [0.15, 0.2) is 5.60 Å². The maximum Gasteiger partial charge on any atom is 0.405 e. The number of benzene rings is 2. The monoisotopic (exact) mass is 273 g/mol. The van der Waals surface area contributed by atoms with Gasteiger partial charge < -0.3 is 20.7 Å². The van der Waals surface area contributed by atoms with Crippen molar-refractivity contribution in [2.75, 3.05) is 0 Å². The van der Waals surface area contributed by atoms with E-state index >= 15 is 0 Å². The Labute approximate surface area is 116 Å². The molecule has 0 radical (unpaired) electrons. The minimum atomic E-state index is -1.25. The van der Waals surface area contributed by atoms with E-state index in [4.69, 9.17) is 10.5 Å². The zero-order valence-electron chi connectivity index (χ0n) is 10.9. The van der Waals surface area contributed by atoms with Gasteiger partial charge in [0.05, 0.1) is 0 Å². The van der Waals surface area contributed by atoms with E-state index in [2.05, 4.69) is 0 Å². The van der Waals surface area contributed by atoms with Gasteiger partial charge in [0.2, 0.25) is 0 Å². The van der Waals surface area contributed by atoms with Crippen molar-refractivity contribution in [2.24, 2.45) is 5.73 Å². The van der Waals surface area contributed by atoms with Crippen LogP contribution in [0.3, 0.4) is 0 Å². The summed E-state index contributed by atoms with van der Waals surface area (Å²) in [5, 5.41) is 19.3. The molecule has 0 fully saturated rings. The average Bonchev–Trinajstić information content (AvgIpc) is 2.39. The van der Waals surface area contributed by atoms with Gasteiger partial charge in [-0.15, -0.1) is 0 Å². The Morgan fingerprint density at radius 1 is 1.10 bits per heavy atom. The molecule has 5 nitrogen and oxygen atoms in total. The Morgan fingerprint density at radius 3 is 2.25 bits per heavy atom. The van der Waals surface area contributed by atoms with Crippen LogP contribution in [0.2, 0.25) is 0 Å². The quantitative estimate of drug-likeness (QED) is 0.800. The molecule has 0 aliphatic rings. The van der Waals surface area contributed by atoms with Gasteiger partial charge in [0, 0.05) is 11.1 Å². The first-order valence-electron chi connectivity index (χ1n) is 6.00. The third kappa shape index (κ3) is 2.51. The van der Waals surface area contributed by atoms with E-state index in [9.17, 15) is 15.0 Å². The fourth-order valence-corrected chi connectivity index (χ4v) is 2.13. The van der Waals surface area contributed by atoms with E-state index in [1.807, 2.05) is 0 Å². The molecule has 1 unspecified atom stereocenters. The summed E-state index contributed by atoms with van der Waals surface area (Å²) in [4.78, 5) is 11.2. The SMILES string of the molecule is CC(OC(N)=O)(c1ccc(O)cc1)c1ccccc1O. The topological polar surface area (TPSA) is 92.8 Å². The largest absolute Gasteiger partial charge is 0.508 e. The fourth-order valence-electron chi connectivity index (χ4n) is 2.13. The number of phenols is 2. The lowest BCUT2D eigenvalue weighted by Crippen LogP contribution is -2.33. The maximum atomic E-state index is 11.2. The lowest BCUT2D eigenvalue weighted by Gasteiger charge is -2.30. The van der Waals surface area contributed by atoms with Crippen LogP contribution in [0.5, 0.6) is 11.5 Å². The summed E-state index contributed by atoms with van der Waals surface area (Å²) < 4.78 is 5.23. The summed E-state index contributed by atoms with van der Waals surface area (Å²) in [5.74, 6) is 0.0804. The van der Waals surface area contributed by atoms with Crippen LogP contribution >= 0.6 is 0 Å². The molecule has 0 aromatic heterocycles. The van der Waals surface area contributed by atoms with Crippen molar-refractivity contribution in [1.29, 1.82) is 0 Å². The molecule has 0 aliphatic heterocycles. The Hall–Kier alpha value is -2.69. The zero-order chi connectivity index (χ0) is 14.8. The van der Waals surface area contributed by atoms with Crippen LogP contribution < -0.4 is 5.73 Å². The highest BCUT2D eigenvalue weighted by Crippen LogP contribution is 2.38. The highest BCUT2D eigenvalue weighted by atomic mass is 16.6. The number of ether oxygens (including phenoxy) is 1. The number of phenolic OH excluding ortho intramolecular Hbond substituents is 2. The second kappa shape index (κ2) is 5.13. The van der Waals surface area contributed by atoms with Crippen molar-refractivity contribution in [3.8, 4) is 11.5 Å². The molecule has 0 spiro atoms. The number of aromatic hydroxyl groups is 2. The van der Waals surface area contributed by atoms with Crippen molar-refractivity contribution in [2.45, 2.75) is 12.5 Å². The molecule has 0 saturated carbocycles. The van der Waals surface area contributed by atoms with Gasteiger partial charge >= 0.3 is 6.09 Å². The van der Waals surface area contributed by atoms with Crippen LogP contribution in [0.25, 0.3) is 0 Å². The predicted octanol–water partition coefficient (Wildman–Crippen LogP) is 2.46. The van der Waals surface area contributed by atoms with Crippen LogP contribution in [0.1, 0.15) is 18.1 Å². The van der Waals surface area contributed by atoms with Crippen molar-refractivity contribution < 1.29 is 19.7 Å². The molecule has 4 N–H and O–H groups in total. The maximum absolute atomic E-state index is 11.2. The standard InChI is InChI=1S/C15H15NO4/c1-15(20-14(16)19,10-6-8-11(17)9-7-10)12-4-2-3-5-13(12)18/h2-9,17-18H,1H3,(H2,16,19). The van der Waals surface area contributed by atoms with Gasteiger partial charge in [-0.05, 0) is 25.1 Å². The second-order valence-corrected chi connectivity index (χ2v) is 4.52. The molecule has 0 aliphatic carbocycles. The molecule has 0 saturated heterocycles. The first-order valence-corrected chi connectivity index (χ1v) is 6.00. The Morgan fingerprint density at radius 2 is 1.70 bits per heavy atom. The zero-order valence-corrected chi connectivity index (χ0v) is 10.9. The summed E-state index contributed by atoms with van der Waals surface area (Å²) in [5.41, 5.74) is 4.88. The number of para-hydroxylation sites is 1. The minimum absolute atomic E-state index is 0.00988. The number of primary amides is 1. The predicted molar refractivity (Wildman–Crippen MR) is 73.3 cm³/mol. The number of amides is 1. The molecule has 2 aromatic rings. The van der Waals surface area contributed by atoms with E-state index in [-0.39, 0.29) is 11.5 Å². The van der Waals surface area contributed by atoms with Gasteiger partial charge in [-0.3, -0.25) is 0 Å². The van der Waals surface area contributed by atoms with Crippen molar-refractivity contribution >= 4 is 6.09 Å². The fraction of sp³-hybridized carbons (Fsp3) is 0.133. The number of carbonyl (C=O) groups is 1. The summed E-state index contributed by atoms with van der Waals surface area (Å²) in [6, 6.07) is 12.7. The smallest absolute Gasteiger partial charge is 0.405 e. The van der Waals surface area contributed by atoms with Gasteiger partial charge in [-0.25, -0.2) is 4.79 Å². The molecule has 20 heavy (non-hydrogen) atoms. The first kappa shape index (κ1) is 13.7. The second-order valence-electron chi connectivity index (χ2n) is 4.52. The minimum Gasteiger partial charge on any atom is -0.508 e. The highest BCUT2D eigenvalue weighted by molar-refractivity contribution is 5.66. The molecular formula is C15H15NO4. The molecule has 0 heterocycles. The number of carbonyl (C=O) groups excluding carboxylic acids is 1. The van der Waals surface area contributed by atoms with Crippen molar-refractivity contribution in [3.63, 3.8) is 0 Å². The molecule has 5 heteroatoms. The highest BCUT2D eigenvalue weighted by Gasteiger charge is 2.35. The lowest BCUT2D eigenvalue weighted by molar-refractivity contribution is 0.0579. The molecule has 104 valence electrons. The van der Waals surface area contributed by atoms with Gasteiger partial charge in [-0.2, -0.15) is 0 Å². The van der Waals surface area contributed by atoms with E-state index in [0.717, 1.165) is 0 Å². The lowest BCUT2D eigenvalue weighted by atomic mass is 9.87. The Bertz CT molecular complexity index is 624. The third-order valence-corrected chi connectivity index (χ3v) is 3.14. The first-order chi connectivity index (χ1) is 9.43. The average molecular weight is 273 g/mol. The Kier molecular flexibility index (Phi) is 3.52. The molecule has 1 atom stereocenters. The Balaban J connectivity index is 2.59. The van der Waals surface area contributed by atoms with Gasteiger partial charge in [-0.1, -0.05) is 30.3 Å². The summed E-state index contributed by atoms with van der Waals surface area (Å²) >= 11 is 0. The van der Waals surface area contributed by atoms with Crippen LogP contribution in [-0.2, 0) is 10.3 Å².